The van der Waals surface area contributed by atoms with Crippen LogP contribution in [0, 0.1) is 0 Å². The molecule has 1 aromatic rings. The Bertz CT molecular complexity index is 352. The van der Waals surface area contributed by atoms with Crippen molar-refractivity contribution >= 4 is 0 Å². The lowest BCUT2D eigenvalue weighted by Gasteiger charge is -2.15. The third kappa shape index (κ3) is 3.10. The van der Waals surface area contributed by atoms with Crippen molar-refractivity contribution in [3.8, 4) is 0 Å². The highest BCUT2D eigenvalue weighted by atomic mass is 16.6. The summed E-state index contributed by atoms with van der Waals surface area (Å²) >= 11 is 0. The van der Waals surface area contributed by atoms with Gasteiger partial charge in [0.05, 0.1) is 12.2 Å². The van der Waals surface area contributed by atoms with E-state index >= 15 is 0 Å². The molecule has 1 aromatic carbocycles. The highest BCUT2D eigenvalue weighted by molar-refractivity contribution is 5.27. The van der Waals surface area contributed by atoms with Gasteiger partial charge in [0.1, 0.15) is 0 Å². The van der Waals surface area contributed by atoms with Crippen LogP contribution in [0.2, 0.25) is 0 Å². The van der Waals surface area contributed by atoms with E-state index < -0.39 is 0 Å². The van der Waals surface area contributed by atoms with Crippen LogP contribution in [-0.4, -0.2) is 12.2 Å². The fraction of sp³-hybridized carbons (Fsp3) is 0.625. The molecule has 3 unspecified atom stereocenters. The van der Waals surface area contributed by atoms with E-state index in [0.717, 1.165) is 0 Å². The molecular weight excluding hydrogens is 208 g/mol. The molecule has 0 saturated carbocycles. The molecule has 1 fully saturated rings. The second kappa shape index (κ2) is 5.22. The lowest BCUT2D eigenvalue weighted by Crippen LogP contribution is -2.03. The zero-order valence-electron chi connectivity index (χ0n) is 11.4. The number of hydrogen-bond acceptors (Lipinski definition) is 1. The van der Waals surface area contributed by atoms with Gasteiger partial charge in [-0.1, -0.05) is 45.0 Å². The van der Waals surface area contributed by atoms with Crippen LogP contribution in [0.15, 0.2) is 24.3 Å². The van der Waals surface area contributed by atoms with Gasteiger partial charge in [0.25, 0.3) is 0 Å². The molecule has 1 aliphatic rings. The fourth-order valence-electron chi connectivity index (χ4n) is 2.45. The number of rotatable bonds is 5. The first-order valence-corrected chi connectivity index (χ1v) is 6.87. The van der Waals surface area contributed by atoms with Crippen molar-refractivity contribution in [2.75, 3.05) is 0 Å². The Morgan fingerprint density at radius 3 is 2.06 bits per heavy atom. The molecule has 0 N–H and O–H groups in total. The lowest BCUT2D eigenvalue weighted by molar-refractivity contribution is 0.357. The van der Waals surface area contributed by atoms with Gasteiger partial charge in [0, 0.05) is 0 Å². The summed E-state index contributed by atoms with van der Waals surface area (Å²) in [5.41, 5.74) is 2.90. The molecule has 3 atom stereocenters. The van der Waals surface area contributed by atoms with Gasteiger partial charge in [-0.25, -0.2) is 0 Å². The summed E-state index contributed by atoms with van der Waals surface area (Å²) in [4.78, 5) is 0. The van der Waals surface area contributed by atoms with Crippen molar-refractivity contribution < 1.29 is 4.74 Å². The molecule has 1 heteroatoms. The standard InChI is InChI=1S/C16H24O/c1-5-13(10-16-12(4)17-16)15-8-6-14(7-9-15)11(2)3/h6-9,11-13,16H,5,10H2,1-4H3. The summed E-state index contributed by atoms with van der Waals surface area (Å²) in [6, 6.07) is 9.16. The van der Waals surface area contributed by atoms with Crippen LogP contribution >= 0.6 is 0 Å². The van der Waals surface area contributed by atoms with Gasteiger partial charge >= 0.3 is 0 Å². The maximum Gasteiger partial charge on any atom is 0.0844 e. The van der Waals surface area contributed by atoms with Crippen LogP contribution in [0.3, 0.4) is 0 Å². The zero-order chi connectivity index (χ0) is 12.4. The van der Waals surface area contributed by atoms with Crippen LogP contribution < -0.4 is 0 Å². The Labute approximate surface area is 105 Å². The summed E-state index contributed by atoms with van der Waals surface area (Å²) < 4.78 is 5.53. The SMILES string of the molecule is CCC(CC1OC1C)c1ccc(C(C)C)cc1. The highest BCUT2D eigenvalue weighted by Crippen LogP contribution is 2.34. The predicted octanol–water partition coefficient (Wildman–Crippen LogP) is 4.48. The monoisotopic (exact) mass is 232 g/mol. The highest BCUT2D eigenvalue weighted by Gasteiger charge is 2.35. The molecule has 0 radical (unpaired) electrons. The summed E-state index contributed by atoms with van der Waals surface area (Å²) in [7, 11) is 0. The van der Waals surface area contributed by atoms with Gasteiger partial charge in [-0.15, -0.1) is 0 Å². The van der Waals surface area contributed by atoms with Gasteiger partial charge in [-0.2, -0.15) is 0 Å². The van der Waals surface area contributed by atoms with Crippen LogP contribution in [0.5, 0.6) is 0 Å². The Hall–Kier alpha value is -0.820. The van der Waals surface area contributed by atoms with E-state index in [1.54, 1.807) is 0 Å². The molecule has 0 aliphatic carbocycles. The summed E-state index contributed by atoms with van der Waals surface area (Å²) in [5, 5.41) is 0. The van der Waals surface area contributed by atoms with E-state index in [-0.39, 0.29) is 0 Å². The van der Waals surface area contributed by atoms with E-state index in [0.29, 0.717) is 24.0 Å². The number of ether oxygens (including phenoxy) is 1. The van der Waals surface area contributed by atoms with Gasteiger partial charge in [0.15, 0.2) is 0 Å². The molecular formula is C16H24O. The average molecular weight is 232 g/mol. The van der Waals surface area contributed by atoms with Crippen molar-refractivity contribution in [1.29, 1.82) is 0 Å². The second-order valence-corrected chi connectivity index (χ2v) is 5.54. The topological polar surface area (TPSA) is 12.5 Å². The molecule has 0 bridgehead atoms. The van der Waals surface area contributed by atoms with Crippen LogP contribution in [-0.2, 0) is 4.74 Å². The maximum absolute atomic E-state index is 5.53. The Morgan fingerprint density at radius 2 is 1.65 bits per heavy atom. The average Bonchev–Trinajstić information content (AvgIpc) is 3.02. The quantitative estimate of drug-likeness (QED) is 0.682. The summed E-state index contributed by atoms with van der Waals surface area (Å²) in [5.74, 6) is 1.28. The number of epoxide rings is 1. The van der Waals surface area contributed by atoms with Crippen LogP contribution in [0.4, 0.5) is 0 Å². The van der Waals surface area contributed by atoms with Gasteiger partial charge in [0.2, 0.25) is 0 Å². The lowest BCUT2D eigenvalue weighted by atomic mass is 9.89. The normalized spacial score (nSPS) is 25.0. The van der Waals surface area contributed by atoms with E-state index in [1.165, 1.54) is 24.0 Å². The van der Waals surface area contributed by atoms with E-state index in [9.17, 15) is 0 Å². The smallest absolute Gasteiger partial charge is 0.0844 e. The molecule has 1 saturated heterocycles. The first-order chi connectivity index (χ1) is 8.11. The molecule has 0 spiro atoms. The molecule has 1 heterocycles. The second-order valence-electron chi connectivity index (χ2n) is 5.54. The van der Waals surface area contributed by atoms with Crippen LogP contribution in [0.25, 0.3) is 0 Å². The van der Waals surface area contributed by atoms with Crippen molar-refractivity contribution in [3.05, 3.63) is 35.4 Å². The van der Waals surface area contributed by atoms with Crippen molar-refractivity contribution in [2.24, 2.45) is 0 Å². The minimum absolute atomic E-state index is 0.485. The third-order valence-electron chi connectivity index (χ3n) is 3.92. The number of benzene rings is 1. The molecule has 1 nitrogen and oxygen atoms in total. The van der Waals surface area contributed by atoms with Crippen LogP contribution in [0.1, 0.15) is 63.5 Å². The molecule has 94 valence electrons. The van der Waals surface area contributed by atoms with E-state index in [1.807, 2.05) is 0 Å². The minimum Gasteiger partial charge on any atom is -0.370 e. The first-order valence-electron chi connectivity index (χ1n) is 6.87. The molecule has 0 amide bonds. The Morgan fingerprint density at radius 1 is 1.12 bits per heavy atom. The molecule has 1 aliphatic heterocycles. The van der Waals surface area contributed by atoms with E-state index in [2.05, 4.69) is 52.0 Å². The zero-order valence-corrected chi connectivity index (χ0v) is 11.4. The van der Waals surface area contributed by atoms with Crippen molar-refractivity contribution in [3.63, 3.8) is 0 Å². The first kappa shape index (κ1) is 12.6. The Kier molecular flexibility index (Phi) is 3.88. The summed E-state index contributed by atoms with van der Waals surface area (Å²) in [6.07, 6.45) is 3.37. The Balaban J connectivity index is 2.03. The predicted molar refractivity (Wildman–Crippen MR) is 72.5 cm³/mol. The maximum atomic E-state index is 5.53. The summed E-state index contributed by atoms with van der Waals surface area (Å²) in [6.45, 7) is 8.92. The largest absolute Gasteiger partial charge is 0.370 e. The molecule has 2 rings (SSSR count). The minimum atomic E-state index is 0.485. The van der Waals surface area contributed by atoms with Crippen molar-refractivity contribution in [1.82, 2.24) is 0 Å². The van der Waals surface area contributed by atoms with Crippen molar-refractivity contribution in [2.45, 2.75) is 64.6 Å². The number of hydrogen-bond donors (Lipinski definition) is 0. The molecule has 17 heavy (non-hydrogen) atoms. The van der Waals surface area contributed by atoms with E-state index in [4.69, 9.17) is 4.74 Å². The van der Waals surface area contributed by atoms with Gasteiger partial charge < -0.3 is 4.74 Å². The van der Waals surface area contributed by atoms with Gasteiger partial charge in [-0.3, -0.25) is 0 Å². The third-order valence-corrected chi connectivity index (χ3v) is 3.92. The fourth-order valence-corrected chi connectivity index (χ4v) is 2.45. The molecule has 0 aromatic heterocycles. The van der Waals surface area contributed by atoms with Gasteiger partial charge in [-0.05, 0) is 42.7 Å².